The monoisotopic (exact) mass is 351 g/mol. The summed E-state index contributed by atoms with van der Waals surface area (Å²) < 4.78 is 61.7. The first-order valence-corrected chi connectivity index (χ1v) is 7.41. The molecular weight excluding hydrogens is 321 g/mol. The summed E-state index contributed by atoms with van der Waals surface area (Å²) in [6.45, 7) is 10.4. The van der Waals surface area contributed by atoms with Gasteiger partial charge in [-0.05, 0) is 20.8 Å². The number of hydrogen-bond acceptors (Lipinski definition) is 4. The van der Waals surface area contributed by atoms with Gasteiger partial charge in [0.25, 0.3) is 0 Å². The first-order chi connectivity index (χ1) is 10.3. The molecule has 23 heavy (non-hydrogen) atoms. The number of nitrogens with zero attached hydrogens (tertiary/aromatic N) is 1. The Labute approximate surface area is 136 Å². The Morgan fingerprint density at radius 2 is 1.22 bits per heavy atom. The first kappa shape index (κ1) is 24.8. The van der Waals surface area contributed by atoms with Gasteiger partial charge in [-0.1, -0.05) is 0 Å². The van der Waals surface area contributed by atoms with E-state index in [0.717, 1.165) is 0 Å². The van der Waals surface area contributed by atoms with Gasteiger partial charge in [-0.15, -0.1) is 0 Å². The number of hydrogen-bond donors (Lipinski definition) is 0. The van der Waals surface area contributed by atoms with Crippen LogP contribution in [-0.2, 0) is 18.9 Å². The average Bonchev–Trinajstić information content (AvgIpc) is 2.36. The molecule has 5 nitrogen and oxygen atoms in total. The Morgan fingerprint density at radius 3 is 1.52 bits per heavy atom. The molecule has 0 aliphatic heterocycles. The lowest BCUT2D eigenvalue weighted by molar-refractivity contribution is -0.978. The summed E-state index contributed by atoms with van der Waals surface area (Å²) in [7, 11) is -0.235. The van der Waals surface area contributed by atoms with Crippen LogP contribution in [0.5, 0.6) is 0 Å². The SMILES string of the molecule is CCOC(C)OC(C)[N+](C)(C)C(C)OC(C)OC.F[B-](F)(F)F. The Hall–Kier alpha value is -0.415. The lowest BCUT2D eigenvalue weighted by Gasteiger charge is -2.41. The molecule has 0 radical (unpaired) electrons. The van der Waals surface area contributed by atoms with Crippen molar-refractivity contribution in [1.82, 2.24) is 0 Å². The third kappa shape index (κ3) is 13.7. The van der Waals surface area contributed by atoms with Gasteiger partial charge in [0.1, 0.15) is 0 Å². The predicted octanol–water partition coefficient (Wildman–Crippen LogP) is 3.46. The third-order valence-corrected chi connectivity index (χ3v) is 3.38. The molecule has 0 N–H and O–H groups in total. The molecule has 10 heteroatoms. The summed E-state index contributed by atoms with van der Waals surface area (Å²) in [4.78, 5) is 0. The molecule has 0 heterocycles. The second-order valence-corrected chi connectivity index (χ2v) is 5.42. The maximum Gasteiger partial charge on any atom is 0.673 e. The van der Waals surface area contributed by atoms with Gasteiger partial charge >= 0.3 is 7.25 Å². The molecule has 0 aromatic heterocycles. The van der Waals surface area contributed by atoms with Crippen LogP contribution < -0.4 is 0 Å². The molecule has 0 spiro atoms. The molecular formula is C13H30BF4NO4. The Kier molecular flexibility index (Phi) is 12.1. The topological polar surface area (TPSA) is 36.9 Å². The molecule has 0 aliphatic carbocycles. The quantitative estimate of drug-likeness (QED) is 0.276. The molecule has 0 aromatic carbocycles. The van der Waals surface area contributed by atoms with Crippen LogP contribution in [0.25, 0.3) is 0 Å². The van der Waals surface area contributed by atoms with Crippen LogP contribution in [0.4, 0.5) is 17.3 Å². The van der Waals surface area contributed by atoms with Crippen molar-refractivity contribution in [3.8, 4) is 0 Å². The van der Waals surface area contributed by atoms with Crippen LogP contribution in [0.2, 0.25) is 0 Å². The van der Waals surface area contributed by atoms with E-state index in [-0.39, 0.29) is 25.0 Å². The number of methoxy groups -OCH3 is 1. The van der Waals surface area contributed by atoms with Crippen molar-refractivity contribution in [1.29, 1.82) is 0 Å². The standard InChI is InChI=1S/C13H30NO4.BF4/c1-9-16-13(5)18-11(3)14(6,7)10(2)17-12(4)15-8;2-1(3,4)5/h10-13H,9H2,1-8H3;/q+1;-1. The van der Waals surface area contributed by atoms with E-state index in [1.165, 1.54) is 0 Å². The van der Waals surface area contributed by atoms with Crippen LogP contribution in [0.1, 0.15) is 34.6 Å². The van der Waals surface area contributed by atoms with E-state index in [1.54, 1.807) is 7.11 Å². The minimum absolute atomic E-state index is 0.0365. The van der Waals surface area contributed by atoms with Gasteiger partial charge in [0.05, 0.1) is 14.1 Å². The molecule has 0 saturated heterocycles. The Bertz CT molecular complexity index is 302. The first-order valence-electron chi connectivity index (χ1n) is 7.41. The second kappa shape index (κ2) is 11.2. The average molecular weight is 351 g/mol. The molecule has 4 unspecified atom stereocenters. The summed E-state index contributed by atoms with van der Waals surface area (Å²) in [5, 5.41) is 0. The molecule has 0 bridgehead atoms. The van der Waals surface area contributed by atoms with Gasteiger partial charge in [-0.25, -0.2) is 0 Å². The molecule has 0 fully saturated rings. The summed E-state index contributed by atoms with van der Waals surface area (Å²) in [5.74, 6) is 0. The maximum atomic E-state index is 9.75. The molecule has 142 valence electrons. The number of rotatable bonds is 9. The van der Waals surface area contributed by atoms with Crippen molar-refractivity contribution < 1.29 is 40.7 Å². The Morgan fingerprint density at radius 1 is 0.870 bits per heavy atom. The highest BCUT2D eigenvalue weighted by atomic mass is 19.5. The lowest BCUT2D eigenvalue weighted by Crippen LogP contribution is -2.57. The highest BCUT2D eigenvalue weighted by Gasteiger charge is 2.34. The van der Waals surface area contributed by atoms with Crippen LogP contribution >= 0.6 is 0 Å². The second-order valence-electron chi connectivity index (χ2n) is 5.42. The van der Waals surface area contributed by atoms with Crippen molar-refractivity contribution in [2.75, 3.05) is 27.8 Å². The van der Waals surface area contributed by atoms with Crippen molar-refractivity contribution in [2.45, 2.75) is 59.7 Å². The molecule has 0 rings (SSSR count). The van der Waals surface area contributed by atoms with E-state index >= 15 is 0 Å². The van der Waals surface area contributed by atoms with Gasteiger partial charge in [-0.2, -0.15) is 0 Å². The van der Waals surface area contributed by atoms with E-state index < -0.39 is 7.25 Å². The van der Waals surface area contributed by atoms with Gasteiger partial charge in [0.15, 0.2) is 25.0 Å². The van der Waals surface area contributed by atoms with Crippen LogP contribution in [-0.4, -0.2) is 64.6 Å². The van der Waals surface area contributed by atoms with E-state index in [1.807, 2.05) is 34.6 Å². The summed E-state index contributed by atoms with van der Waals surface area (Å²) >= 11 is 0. The fraction of sp³-hybridized carbons (Fsp3) is 1.00. The van der Waals surface area contributed by atoms with Gasteiger partial charge in [0.2, 0.25) is 0 Å². The highest BCUT2D eigenvalue weighted by molar-refractivity contribution is 6.50. The zero-order valence-corrected chi connectivity index (χ0v) is 15.2. The highest BCUT2D eigenvalue weighted by Crippen LogP contribution is 2.18. The van der Waals surface area contributed by atoms with E-state index in [9.17, 15) is 17.3 Å². The minimum atomic E-state index is -6.00. The van der Waals surface area contributed by atoms with Gasteiger partial charge in [-0.3, -0.25) is 4.48 Å². The maximum absolute atomic E-state index is 9.75. The van der Waals surface area contributed by atoms with Gasteiger partial charge < -0.3 is 36.2 Å². The number of halogens is 4. The molecule has 0 saturated carbocycles. The van der Waals surface area contributed by atoms with Crippen molar-refractivity contribution in [2.24, 2.45) is 0 Å². The molecule has 0 aromatic rings. The molecule has 0 amide bonds. The number of quaternary nitrogens is 1. The molecule has 4 atom stereocenters. The third-order valence-electron chi connectivity index (χ3n) is 3.38. The molecule has 0 aliphatic rings. The fourth-order valence-corrected chi connectivity index (χ4v) is 1.49. The van der Waals surface area contributed by atoms with Gasteiger partial charge in [0, 0.05) is 27.6 Å². The normalized spacial score (nSPS) is 17.7. The van der Waals surface area contributed by atoms with E-state index in [4.69, 9.17) is 18.9 Å². The van der Waals surface area contributed by atoms with E-state index in [2.05, 4.69) is 14.1 Å². The summed E-state index contributed by atoms with van der Waals surface area (Å²) in [5.41, 5.74) is 0. The smallest absolute Gasteiger partial charge is 0.418 e. The van der Waals surface area contributed by atoms with Crippen molar-refractivity contribution in [3.63, 3.8) is 0 Å². The largest absolute Gasteiger partial charge is 0.673 e. The van der Waals surface area contributed by atoms with Crippen LogP contribution in [0.15, 0.2) is 0 Å². The lowest BCUT2D eigenvalue weighted by atomic mass is 10.3. The minimum Gasteiger partial charge on any atom is -0.418 e. The van der Waals surface area contributed by atoms with Crippen molar-refractivity contribution in [3.05, 3.63) is 0 Å². The predicted molar refractivity (Wildman–Crippen MR) is 80.9 cm³/mol. The van der Waals surface area contributed by atoms with Crippen molar-refractivity contribution >= 4 is 7.25 Å². The zero-order valence-electron chi connectivity index (χ0n) is 15.2. The zero-order chi connectivity index (χ0) is 18.8. The van der Waals surface area contributed by atoms with Crippen LogP contribution in [0.3, 0.4) is 0 Å². The van der Waals surface area contributed by atoms with Crippen LogP contribution in [0, 0.1) is 0 Å². The number of ether oxygens (including phenoxy) is 4. The summed E-state index contributed by atoms with van der Waals surface area (Å²) in [6, 6.07) is 0. The Balaban J connectivity index is 0. The van der Waals surface area contributed by atoms with E-state index in [0.29, 0.717) is 11.1 Å². The summed E-state index contributed by atoms with van der Waals surface area (Å²) in [6.07, 6.45) is -0.516. The fourth-order valence-electron chi connectivity index (χ4n) is 1.49.